The maximum Gasteiger partial charge on any atom is 0.225 e. The summed E-state index contributed by atoms with van der Waals surface area (Å²) < 4.78 is 11.8. The second-order valence-electron chi connectivity index (χ2n) is 7.98. The van der Waals surface area contributed by atoms with E-state index in [1.54, 1.807) is 0 Å². The molecule has 2 atom stereocenters. The van der Waals surface area contributed by atoms with E-state index < -0.39 is 5.91 Å². The number of aliphatic hydroxyl groups excluding tert-OH is 2. The van der Waals surface area contributed by atoms with Crippen molar-refractivity contribution in [1.29, 1.82) is 0 Å². The highest BCUT2D eigenvalue weighted by atomic mass is 16.7. The van der Waals surface area contributed by atoms with Crippen LogP contribution in [0.1, 0.15) is 111 Å². The first-order valence-corrected chi connectivity index (χ1v) is 11.3. The highest BCUT2D eigenvalue weighted by molar-refractivity contribution is 4.68. The summed E-state index contributed by atoms with van der Waals surface area (Å²) in [7, 11) is 0. The van der Waals surface area contributed by atoms with E-state index in [4.69, 9.17) is 25.4 Å². The molecule has 0 heterocycles. The van der Waals surface area contributed by atoms with Crippen molar-refractivity contribution in [2.75, 3.05) is 13.2 Å². The van der Waals surface area contributed by atoms with E-state index in [2.05, 4.69) is 6.92 Å². The van der Waals surface area contributed by atoms with Gasteiger partial charge in [0.25, 0.3) is 0 Å². The van der Waals surface area contributed by atoms with Gasteiger partial charge in [0.05, 0.1) is 12.2 Å². The molecule has 0 aliphatic heterocycles. The van der Waals surface area contributed by atoms with Crippen LogP contribution in [0.5, 0.6) is 0 Å². The van der Waals surface area contributed by atoms with Crippen LogP contribution < -0.4 is 5.73 Å². The number of rotatable bonds is 20. The van der Waals surface area contributed by atoms with Gasteiger partial charge in [0.2, 0.25) is 5.91 Å². The van der Waals surface area contributed by atoms with Crippen molar-refractivity contribution in [3.8, 4) is 0 Å². The topological polar surface area (TPSA) is 84.9 Å². The van der Waals surface area contributed by atoms with E-state index >= 15 is 0 Å². The number of nitrogens with two attached hydrogens (primary N) is 1. The summed E-state index contributed by atoms with van der Waals surface area (Å²) in [5.41, 5.74) is 6.37. The highest BCUT2D eigenvalue weighted by Crippen LogP contribution is 2.22. The highest BCUT2D eigenvalue weighted by Gasteiger charge is 2.30. The quantitative estimate of drug-likeness (QED) is 0.204. The molecule has 0 radical (unpaired) electrons. The van der Waals surface area contributed by atoms with E-state index in [1.807, 2.05) is 13.8 Å². The van der Waals surface area contributed by atoms with Crippen LogP contribution in [0.3, 0.4) is 0 Å². The summed E-state index contributed by atoms with van der Waals surface area (Å²) in [6.45, 7) is 6.20. The Balaban J connectivity index is 4.00. The maximum atomic E-state index is 9.08. The van der Waals surface area contributed by atoms with Gasteiger partial charge in [-0.2, -0.15) is 0 Å². The molecular weight excluding hydrogens is 342 g/mol. The maximum absolute atomic E-state index is 9.08. The van der Waals surface area contributed by atoms with Crippen LogP contribution in [-0.4, -0.2) is 41.5 Å². The van der Waals surface area contributed by atoms with E-state index in [-0.39, 0.29) is 25.4 Å². The average Bonchev–Trinajstić information content (AvgIpc) is 2.59. The number of unbranched alkanes of at least 4 members (excludes halogenated alkanes) is 10. The van der Waals surface area contributed by atoms with Crippen LogP contribution in [0.25, 0.3) is 0 Å². The molecule has 0 saturated heterocycles. The second kappa shape index (κ2) is 17.9. The molecule has 164 valence electrons. The molecule has 0 bridgehead atoms. The zero-order valence-corrected chi connectivity index (χ0v) is 18.3. The zero-order chi connectivity index (χ0) is 20.4. The van der Waals surface area contributed by atoms with E-state index in [1.165, 1.54) is 57.8 Å². The van der Waals surface area contributed by atoms with Crippen molar-refractivity contribution in [3.05, 3.63) is 0 Å². The van der Waals surface area contributed by atoms with Crippen molar-refractivity contribution in [2.24, 2.45) is 5.73 Å². The molecule has 5 nitrogen and oxygen atoms in total. The third-order valence-electron chi connectivity index (χ3n) is 5.00. The summed E-state index contributed by atoms with van der Waals surface area (Å²) in [6.07, 6.45) is 15.5. The lowest BCUT2D eigenvalue weighted by Crippen LogP contribution is -2.49. The van der Waals surface area contributed by atoms with Crippen LogP contribution in [0.15, 0.2) is 0 Å². The van der Waals surface area contributed by atoms with Gasteiger partial charge in [-0.25, -0.2) is 0 Å². The van der Waals surface area contributed by atoms with Crippen molar-refractivity contribution < 1.29 is 19.7 Å². The molecule has 0 spiro atoms. The standard InChI is InChI=1S/C22H47NO4/c1-4-5-6-7-8-9-10-11-12-13-14-17-22(23,26-20(2)15-18-24)27-21(3)16-19-25/h20-21,24-25H,4-19,23H2,1-3H3. The molecule has 0 rings (SSSR count). The molecule has 0 aromatic rings. The van der Waals surface area contributed by atoms with Gasteiger partial charge in [-0.05, 0) is 33.1 Å². The molecule has 2 unspecified atom stereocenters. The number of hydrogen-bond donors (Lipinski definition) is 3. The minimum atomic E-state index is -1.14. The van der Waals surface area contributed by atoms with Crippen molar-refractivity contribution >= 4 is 0 Å². The SMILES string of the molecule is CCCCCCCCCCCCCC(N)(OC(C)CCO)OC(C)CCO. The predicted octanol–water partition coefficient (Wildman–Crippen LogP) is 4.88. The Morgan fingerprint density at radius 2 is 1.07 bits per heavy atom. The average molecular weight is 390 g/mol. The van der Waals surface area contributed by atoms with Crippen molar-refractivity contribution in [3.63, 3.8) is 0 Å². The first-order chi connectivity index (χ1) is 13.0. The third kappa shape index (κ3) is 16.5. The minimum absolute atomic E-state index is 0.0713. The lowest BCUT2D eigenvalue weighted by molar-refractivity contribution is -0.277. The van der Waals surface area contributed by atoms with Gasteiger partial charge < -0.3 is 19.7 Å². The number of ether oxygens (including phenoxy) is 2. The van der Waals surface area contributed by atoms with Gasteiger partial charge in [0.15, 0.2) is 0 Å². The molecule has 0 fully saturated rings. The summed E-state index contributed by atoms with van der Waals surface area (Å²) in [4.78, 5) is 0. The first kappa shape index (κ1) is 26.8. The normalized spacial score (nSPS) is 16.2. The molecule has 0 aliphatic rings. The van der Waals surface area contributed by atoms with E-state index in [0.717, 1.165) is 12.8 Å². The molecule has 0 amide bonds. The lowest BCUT2D eigenvalue weighted by Gasteiger charge is -2.35. The number of hydrogen-bond acceptors (Lipinski definition) is 5. The summed E-state index contributed by atoms with van der Waals surface area (Å²) in [5, 5.41) is 18.2. The Morgan fingerprint density at radius 3 is 1.44 bits per heavy atom. The molecule has 0 aromatic heterocycles. The van der Waals surface area contributed by atoms with Crippen LogP contribution >= 0.6 is 0 Å². The van der Waals surface area contributed by atoms with Crippen LogP contribution in [0.2, 0.25) is 0 Å². The fourth-order valence-electron chi connectivity index (χ4n) is 3.34. The molecule has 0 saturated carbocycles. The summed E-state index contributed by atoms with van der Waals surface area (Å²) >= 11 is 0. The Labute approximate surface area is 168 Å². The largest absolute Gasteiger partial charge is 0.396 e. The van der Waals surface area contributed by atoms with Crippen LogP contribution in [-0.2, 0) is 9.47 Å². The molecule has 27 heavy (non-hydrogen) atoms. The van der Waals surface area contributed by atoms with Crippen LogP contribution in [0, 0.1) is 0 Å². The van der Waals surface area contributed by atoms with E-state index in [9.17, 15) is 0 Å². The van der Waals surface area contributed by atoms with Crippen molar-refractivity contribution in [1.82, 2.24) is 0 Å². The monoisotopic (exact) mass is 389 g/mol. The Kier molecular flexibility index (Phi) is 17.7. The third-order valence-corrected chi connectivity index (χ3v) is 5.00. The van der Waals surface area contributed by atoms with E-state index in [0.29, 0.717) is 19.3 Å². The van der Waals surface area contributed by atoms with Gasteiger partial charge in [0.1, 0.15) is 0 Å². The molecule has 5 heteroatoms. The fraction of sp³-hybridized carbons (Fsp3) is 1.00. The van der Waals surface area contributed by atoms with Gasteiger partial charge in [-0.3, -0.25) is 5.73 Å². The molecule has 0 aromatic carbocycles. The van der Waals surface area contributed by atoms with Crippen LogP contribution in [0.4, 0.5) is 0 Å². The Hall–Kier alpha value is -0.200. The molecule has 0 aliphatic carbocycles. The van der Waals surface area contributed by atoms with Gasteiger partial charge in [-0.1, -0.05) is 71.1 Å². The Morgan fingerprint density at radius 1 is 0.704 bits per heavy atom. The molecule has 4 N–H and O–H groups in total. The first-order valence-electron chi connectivity index (χ1n) is 11.3. The number of aliphatic hydroxyl groups is 2. The summed E-state index contributed by atoms with van der Waals surface area (Å²) in [6, 6.07) is 0. The molecular formula is C22H47NO4. The zero-order valence-electron chi connectivity index (χ0n) is 18.3. The van der Waals surface area contributed by atoms with Gasteiger partial charge >= 0.3 is 0 Å². The van der Waals surface area contributed by atoms with Gasteiger partial charge in [0, 0.05) is 19.6 Å². The minimum Gasteiger partial charge on any atom is -0.396 e. The summed E-state index contributed by atoms with van der Waals surface area (Å²) in [5.74, 6) is -1.14. The van der Waals surface area contributed by atoms with Gasteiger partial charge in [-0.15, -0.1) is 0 Å². The lowest BCUT2D eigenvalue weighted by atomic mass is 10.0. The fourth-order valence-corrected chi connectivity index (χ4v) is 3.34. The van der Waals surface area contributed by atoms with Crippen molar-refractivity contribution in [2.45, 2.75) is 129 Å². The predicted molar refractivity (Wildman–Crippen MR) is 112 cm³/mol. The second-order valence-corrected chi connectivity index (χ2v) is 7.98. The Bertz CT molecular complexity index is 301. The smallest absolute Gasteiger partial charge is 0.225 e.